The van der Waals surface area contributed by atoms with Crippen LogP contribution in [0.15, 0.2) is 45.8 Å². The molecule has 0 fully saturated rings. The number of nitriles is 1. The largest absolute Gasteiger partial charge is 0.497 e. The summed E-state index contributed by atoms with van der Waals surface area (Å²) >= 11 is 1.46. The minimum absolute atomic E-state index is 0.0490. The number of fused-ring (bicyclic) bond motifs is 1. The van der Waals surface area contributed by atoms with E-state index in [1.54, 1.807) is 37.4 Å². The number of rotatable bonds is 6. The van der Waals surface area contributed by atoms with Crippen LogP contribution in [0.3, 0.4) is 0 Å². The Labute approximate surface area is 180 Å². The van der Waals surface area contributed by atoms with Gasteiger partial charge >= 0.3 is 0 Å². The molecular weight excluding hydrogens is 396 g/mol. The van der Waals surface area contributed by atoms with E-state index in [9.17, 15) is 4.79 Å². The number of carbonyl (C=O) groups excluding carboxylic acids is 1. The van der Waals surface area contributed by atoms with Crippen LogP contribution >= 0.6 is 11.8 Å². The molecule has 0 spiro atoms. The smallest absolute Gasteiger partial charge is 0.204 e. The van der Waals surface area contributed by atoms with Crippen LogP contribution in [0.5, 0.6) is 5.75 Å². The summed E-state index contributed by atoms with van der Waals surface area (Å²) < 4.78 is 10.8. The maximum absolute atomic E-state index is 12.7. The number of pyridine rings is 1. The van der Waals surface area contributed by atoms with Gasteiger partial charge < -0.3 is 9.15 Å². The van der Waals surface area contributed by atoms with Crippen LogP contribution in [-0.2, 0) is 12.8 Å². The highest BCUT2D eigenvalue weighted by Crippen LogP contribution is 2.37. The number of benzene rings is 1. The predicted octanol–water partition coefficient (Wildman–Crippen LogP) is 5.38. The van der Waals surface area contributed by atoms with Gasteiger partial charge in [-0.25, -0.2) is 4.98 Å². The van der Waals surface area contributed by atoms with Gasteiger partial charge in [-0.15, -0.1) is 0 Å². The Hall–Kier alpha value is -3.04. The first kappa shape index (κ1) is 20.2. The Bertz CT molecular complexity index is 1130. The molecular formula is C24H22N2O3S. The molecule has 0 bridgehead atoms. The van der Waals surface area contributed by atoms with E-state index in [1.165, 1.54) is 22.9 Å². The van der Waals surface area contributed by atoms with Crippen LogP contribution in [0.2, 0.25) is 0 Å². The van der Waals surface area contributed by atoms with Gasteiger partial charge in [-0.1, -0.05) is 11.8 Å². The molecule has 0 saturated heterocycles. The Kier molecular flexibility index (Phi) is 5.91. The molecule has 1 aromatic carbocycles. The third-order valence-corrected chi connectivity index (χ3v) is 6.52. The molecule has 3 aromatic rings. The van der Waals surface area contributed by atoms with Crippen molar-refractivity contribution in [2.24, 2.45) is 0 Å². The first-order valence-corrected chi connectivity index (χ1v) is 10.9. The molecule has 2 heterocycles. The molecule has 0 unspecified atom stereocenters. The quantitative estimate of drug-likeness (QED) is 0.395. The van der Waals surface area contributed by atoms with Crippen molar-refractivity contribution in [3.8, 4) is 23.3 Å². The molecule has 5 nitrogen and oxygen atoms in total. The number of methoxy groups -OCH3 is 1. The Balaban J connectivity index is 1.63. The van der Waals surface area contributed by atoms with Gasteiger partial charge in [0, 0.05) is 5.56 Å². The number of nitrogens with zero attached hydrogens (tertiary/aromatic N) is 2. The fraction of sp³-hybridized carbons (Fsp3) is 0.292. The molecule has 2 aromatic heterocycles. The van der Waals surface area contributed by atoms with Crippen molar-refractivity contribution in [3.63, 3.8) is 0 Å². The van der Waals surface area contributed by atoms with E-state index in [-0.39, 0.29) is 11.5 Å². The molecule has 0 amide bonds. The molecule has 0 aliphatic heterocycles. The number of carbonyl (C=O) groups is 1. The van der Waals surface area contributed by atoms with Gasteiger partial charge in [0.2, 0.25) is 5.76 Å². The number of furan rings is 1. The monoisotopic (exact) mass is 418 g/mol. The lowest BCUT2D eigenvalue weighted by Gasteiger charge is -2.22. The summed E-state index contributed by atoms with van der Waals surface area (Å²) in [5.74, 6) is 1.98. The lowest BCUT2D eigenvalue weighted by atomic mass is 9.88. The van der Waals surface area contributed by atoms with Gasteiger partial charge in [-0.3, -0.25) is 4.79 Å². The van der Waals surface area contributed by atoms with Gasteiger partial charge in [0.1, 0.15) is 22.5 Å². The normalized spacial score (nSPS) is 12.8. The van der Waals surface area contributed by atoms with Crippen molar-refractivity contribution in [1.29, 1.82) is 5.26 Å². The maximum Gasteiger partial charge on any atom is 0.204 e. The highest BCUT2D eigenvalue weighted by atomic mass is 32.2. The van der Waals surface area contributed by atoms with E-state index in [0.717, 1.165) is 47.7 Å². The number of hydrogen-bond donors (Lipinski definition) is 0. The summed E-state index contributed by atoms with van der Waals surface area (Å²) in [5.41, 5.74) is 5.12. The molecule has 0 atom stereocenters. The molecule has 0 N–H and O–H groups in total. The molecule has 1 aliphatic rings. The second-order valence-corrected chi connectivity index (χ2v) is 8.23. The maximum atomic E-state index is 12.7. The van der Waals surface area contributed by atoms with Gasteiger partial charge in [0.25, 0.3) is 0 Å². The Morgan fingerprint density at radius 1 is 1.17 bits per heavy atom. The first-order chi connectivity index (χ1) is 14.6. The van der Waals surface area contributed by atoms with Crippen molar-refractivity contribution in [1.82, 2.24) is 4.98 Å². The minimum atomic E-state index is 0.0490. The number of Topliss-reactive ketones (excluding diaryl/α,β-unsaturated/α-hetero) is 1. The zero-order valence-corrected chi connectivity index (χ0v) is 17.8. The summed E-state index contributed by atoms with van der Waals surface area (Å²) in [5, 5.41) is 9.96. The lowest BCUT2D eigenvalue weighted by Crippen LogP contribution is -2.11. The fourth-order valence-electron chi connectivity index (χ4n) is 3.83. The number of aromatic nitrogens is 1. The highest BCUT2D eigenvalue weighted by Gasteiger charge is 2.23. The molecule has 4 rings (SSSR count). The van der Waals surface area contributed by atoms with Crippen molar-refractivity contribution < 1.29 is 13.9 Å². The van der Waals surface area contributed by atoms with Crippen LogP contribution < -0.4 is 4.74 Å². The first-order valence-electron chi connectivity index (χ1n) is 9.93. The van der Waals surface area contributed by atoms with Gasteiger partial charge in [-0.2, -0.15) is 5.26 Å². The SMILES string of the molecule is COc1ccc(C(=O)CSc2nc(-c3ccc(C#N)o3)c3c(c2C)CCCC3)cc1. The van der Waals surface area contributed by atoms with Crippen molar-refractivity contribution in [2.75, 3.05) is 12.9 Å². The zero-order chi connectivity index (χ0) is 21.1. The summed E-state index contributed by atoms with van der Waals surface area (Å²) in [6.45, 7) is 2.09. The predicted molar refractivity (Wildman–Crippen MR) is 116 cm³/mol. The van der Waals surface area contributed by atoms with E-state index in [2.05, 4.69) is 6.92 Å². The van der Waals surface area contributed by atoms with E-state index >= 15 is 0 Å². The van der Waals surface area contributed by atoms with Gasteiger partial charge in [0.15, 0.2) is 11.5 Å². The van der Waals surface area contributed by atoms with Crippen molar-refractivity contribution in [3.05, 3.63) is 64.4 Å². The summed E-state index contributed by atoms with van der Waals surface area (Å²) in [7, 11) is 1.60. The molecule has 152 valence electrons. The van der Waals surface area contributed by atoms with Crippen LogP contribution in [0, 0.1) is 18.3 Å². The fourth-order valence-corrected chi connectivity index (χ4v) is 4.76. The van der Waals surface area contributed by atoms with Crippen LogP contribution in [0.25, 0.3) is 11.5 Å². The molecule has 1 aliphatic carbocycles. The van der Waals surface area contributed by atoms with Gasteiger partial charge in [0.05, 0.1) is 12.9 Å². The lowest BCUT2D eigenvalue weighted by molar-refractivity contribution is 0.102. The third kappa shape index (κ3) is 3.99. The molecule has 0 saturated carbocycles. The van der Waals surface area contributed by atoms with Crippen LogP contribution in [0.1, 0.15) is 45.7 Å². The van der Waals surface area contributed by atoms with Crippen molar-refractivity contribution in [2.45, 2.75) is 37.6 Å². The number of hydrogen-bond acceptors (Lipinski definition) is 6. The summed E-state index contributed by atoms with van der Waals surface area (Å²) in [4.78, 5) is 17.6. The molecule has 6 heteroatoms. The van der Waals surface area contributed by atoms with E-state index in [1.807, 2.05) is 12.1 Å². The van der Waals surface area contributed by atoms with E-state index in [0.29, 0.717) is 17.1 Å². The van der Waals surface area contributed by atoms with Crippen LogP contribution in [-0.4, -0.2) is 23.6 Å². The number of ketones is 1. The second-order valence-electron chi connectivity index (χ2n) is 7.27. The van der Waals surface area contributed by atoms with Crippen LogP contribution in [0.4, 0.5) is 0 Å². The number of thioether (sulfide) groups is 1. The Morgan fingerprint density at radius 3 is 2.57 bits per heavy atom. The van der Waals surface area contributed by atoms with E-state index < -0.39 is 0 Å². The van der Waals surface area contributed by atoms with Gasteiger partial charge in [-0.05, 0) is 85.7 Å². The topological polar surface area (TPSA) is 76.1 Å². The minimum Gasteiger partial charge on any atom is -0.497 e. The average molecular weight is 419 g/mol. The summed E-state index contributed by atoms with van der Waals surface area (Å²) in [6.07, 6.45) is 4.22. The molecule has 0 radical (unpaired) electrons. The Morgan fingerprint density at radius 2 is 1.90 bits per heavy atom. The zero-order valence-electron chi connectivity index (χ0n) is 17.0. The summed E-state index contributed by atoms with van der Waals surface area (Å²) in [6, 6.07) is 12.7. The third-order valence-electron chi connectivity index (χ3n) is 5.44. The molecule has 30 heavy (non-hydrogen) atoms. The van der Waals surface area contributed by atoms with Crippen molar-refractivity contribution >= 4 is 17.5 Å². The average Bonchev–Trinajstić information content (AvgIpc) is 3.28. The highest BCUT2D eigenvalue weighted by molar-refractivity contribution is 8.00. The second kappa shape index (κ2) is 8.76. The van der Waals surface area contributed by atoms with E-state index in [4.69, 9.17) is 19.4 Å². The number of ether oxygens (including phenoxy) is 1. The standard InChI is InChI=1S/C24H22N2O3S/c1-15-19-5-3-4-6-20(19)23(22-12-11-18(13-25)29-22)26-24(15)30-14-21(27)16-7-9-17(28-2)10-8-16/h7-12H,3-6,14H2,1-2H3.